The molecule has 15 heavy (non-hydrogen) atoms. The molecule has 1 aliphatic rings. The maximum absolute atomic E-state index is 12.3. The summed E-state index contributed by atoms with van der Waals surface area (Å²) in [6.07, 6.45) is 2.06. The maximum atomic E-state index is 12.3. The number of likely N-dealkylation sites (N-methyl/N-ethyl adjacent to an activating group) is 1. The molecule has 0 aliphatic carbocycles. The van der Waals surface area contributed by atoms with E-state index in [4.69, 9.17) is 0 Å². The Morgan fingerprint density at radius 2 is 2.00 bits per heavy atom. The number of nitrogens with one attached hydrogen (secondary N) is 1. The number of hydrogen-bond acceptors (Lipinski definition) is 2. The van der Waals surface area contributed by atoms with Gasteiger partial charge in [-0.15, -0.1) is 0 Å². The van der Waals surface area contributed by atoms with Crippen LogP contribution in [0, 0.1) is 5.92 Å². The highest BCUT2D eigenvalue weighted by molar-refractivity contribution is 5.86. The zero-order valence-electron chi connectivity index (χ0n) is 10.6. The van der Waals surface area contributed by atoms with Crippen molar-refractivity contribution in [2.24, 2.45) is 5.92 Å². The third-order valence-corrected chi connectivity index (χ3v) is 3.74. The number of carbonyl (C=O) groups is 1. The molecule has 1 rings (SSSR count). The maximum Gasteiger partial charge on any atom is 0.242 e. The van der Waals surface area contributed by atoms with Crippen LogP contribution >= 0.6 is 0 Å². The van der Waals surface area contributed by atoms with Crippen molar-refractivity contribution < 1.29 is 4.79 Å². The molecule has 0 aromatic carbocycles. The molecule has 1 N–H and O–H groups in total. The van der Waals surface area contributed by atoms with Crippen molar-refractivity contribution in [2.75, 3.05) is 13.6 Å². The van der Waals surface area contributed by atoms with Crippen LogP contribution in [0.5, 0.6) is 0 Å². The van der Waals surface area contributed by atoms with E-state index in [-0.39, 0.29) is 11.4 Å². The molecular formula is C12H24N2O. The van der Waals surface area contributed by atoms with Gasteiger partial charge in [-0.25, -0.2) is 0 Å². The molecule has 2 unspecified atom stereocenters. The SMILES string of the molecule is CC(C)C(C)N(C)C(=O)C1(C)CCCN1. The van der Waals surface area contributed by atoms with Crippen LogP contribution in [0.4, 0.5) is 0 Å². The van der Waals surface area contributed by atoms with E-state index in [2.05, 4.69) is 26.1 Å². The predicted molar refractivity (Wildman–Crippen MR) is 62.7 cm³/mol. The average molecular weight is 212 g/mol. The molecular weight excluding hydrogens is 188 g/mol. The third kappa shape index (κ3) is 2.51. The van der Waals surface area contributed by atoms with Crippen LogP contribution < -0.4 is 5.32 Å². The quantitative estimate of drug-likeness (QED) is 0.771. The Morgan fingerprint density at radius 1 is 1.40 bits per heavy atom. The molecule has 88 valence electrons. The van der Waals surface area contributed by atoms with Gasteiger partial charge >= 0.3 is 0 Å². The Labute approximate surface area is 93.2 Å². The minimum Gasteiger partial charge on any atom is -0.341 e. The van der Waals surface area contributed by atoms with Crippen LogP contribution in [-0.4, -0.2) is 36.0 Å². The largest absolute Gasteiger partial charge is 0.341 e. The lowest BCUT2D eigenvalue weighted by Crippen LogP contribution is -2.54. The van der Waals surface area contributed by atoms with Crippen molar-refractivity contribution in [1.29, 1.82) is 0 Å². The molecule has 2 atom stereocenters. The molecule has 0 aromatic heterocycles. The van der Waals surface area contributed by atoms with E-state index >= 15 is 0 Å². The summed E-state index contributed by atoms with van der Waals surface area (Å²) < 4.78 is 0. The van der Waals surface area contributed by atoms with Crippen LogP contribution in [0.2, 0.25) is 0 Å². The minimum atomic E-state index is -0.322. The van der Waals surface area contributed by atoms with Gasteiger partial charge in [-0.1, -0.05) is 13.8 Å². The highest BCUT2D eigenvalue weighted by atomic mass is 16.2. The summed E-state index contributed by atoms with van der Waals surface area (Å²) in [6, 6.07) is 0.303. The van der Waals surface area contributed by atoms with Crippen LogP contribution in [0.3, 0.4) is 0 Å². The Kier molecular flexibility index (Phi) is 3.77. The number of nitrogens with zero attached hydrogens (tertiary/aromatic N) is 1. The van der Waals surface area contributed by atoms with Gasteiger partial charge in [0.1, 0.15) is 0 Å². The summed E-state index contributed by atoms with van der Waals surface area (Å²) >= 11 is 0. The first-order valence-electron chi connectivity index (χ1n) is 5.91. The van der Waals surface area contributed by atoms with Crippen molar-refractivity contribution in [3.63, 3.8) is 0 Å². The summed E-state index contributed by atoms with van der Waals surface area (Å²) in [5.74, 6) is 0.741. The first kappa shape index (κ1) is 12.5. The zero-order chi connectivity index (χ0) is 11.6. The summed E-state index contributed by atoms with van der Waals surface area (Å²) in [7, 11) is 1.91. The fourth-order valence-corrected chi connectivity index (χ4v) is 2.10. The number of carbonyl (C=O) groups excluding carboxylic acids is 1. The minimum absolute atomic E-state index is 0.237. The normalized spacial score (nSPS) is 28.1. The second kappa shape index (κ2) is 4.52. The Bertz CT molecular complexity index is 232. The second-order valence-corrected chi connectivity index (χ2v) is 5.26. The van der Waals surface area contributed by atoms with Crippen LogP contribution in [-0.2, 0) is 4.79 Å². The topological polar surface area (TPSA) is 32.3 Å². The Balaban J connectivity index is 2.67. The van der Waals surface area contributed by atoms with Gasteiger partial charge in [0.25, 0.3) is 0 Å². The van der Waals surface area contributed by atoms with E-state index < -0.39 is 0 Å². The second-order valence-electron chi connectivity index (χ2n) is 5.26. The molecule has 0 radical (unpaired) electrons. The van der Waals surface area contributed by atoms with Crippen LogP contribution in [0.1, 0.15) is 40.5 Å². The van der Waals surface area contributed by atoms with Gasteiger partial charge in [0.05, 0.1) is 5.54 Å². The van der Waals surface area contributed by atoms with Crippen molar-refractivity contribution in [3.8, 4) is 0 Å². The van der Waals surface area contributed by atoms with E-state index in [1.807, 2.05) is 18.9 Å². The van der Waals surface area contributed by atoms with E-state index in [0.29, 0.717) is 12.0 Å². The van der Waals surface area contributed by atoms with Crippen molar-refractivity contribution >= 4 is 5.91 Å². The molecule has 1 amide bonds. The third-order valence-electron chi connectivity index (χ3n) is 3.74. The monoisotopic (exact) mass is 212 g/mol. The first-order chi connectivity index (χ1) is 6.88. The van der Waals surface area contributed by atoms with Gasteiger partial charge < -0.3 is 10.2 Å². The molecule has 1 aliphatic heterocycles. The highest BCUT2D eigenvalue weighted by Gasteiger charge is 2.39. The van der Waals surface area contributed by atoms with Gasteiger partial charge in [-0.3, -0.25) is 4.79 Å². The van der Waals surface area contributed by atoms with Gasteiger partial charge in [0.15, 0.2) is 0 Å². The zero-order valence-corrected chi connectivity index (χ0v) is 10.6. The summed E-state index contributed by atoms with van der Waals surface area (Å²) in [5, 5.41) is 3.32. The standard InChI is InChI=1S/C12H24N2O/c1-9(2)10(3)14(5)11(15)12(4)7-6-8-13-12/h9-10,13H,6-8H2,1-5H3. The van der Waals surface area contributed by atoms with Crippen molar-refractivity contribution in [1.82, 2.24) is 10.2 Å². The lowest BCUT2D eigenvalue weighted by molar-refractivity contribution is -0.138. The molecule has 3 heteroatoms. The van der Waals surface area contributed by atoms with Crippen molar-refractivity contribution in [2.45, 2.75) is 52.1 Å². The highest BCUT2D eigenvalue weighted by Crippen LogP contribution is 2.22. The van der Waals surface area contributed by atoms with Crippen molar-refractivity contribution in [3.05, 3.63) is 0 Å². The molecule has 0 spiro atoms. The molecule has 1 fully saturated rings. The van der Waals surface area contributed by atoms with Gasteiger partial charge in [0, 0.05) is 13.1 Å². The lowest BCUT2D eigenvalue weighted by Gasteiger charge is -2.34. The smallest absolute Gasteiger partial charge is 0.242 e. The molecule has 1 saturated heterocycles. The molecule has 0 aromatic rings. The van der Waals surface area contributed by atoms with Gasteiger partial charge in [-0.2, -0.15) is 0 Å². The lowest BCUT2D eigenvalue weighted by atomic mass is 9.96. The van der Waals surface area contributed by atoms with E-state index in [0.717, 1.165) is 19.4 Å². The number of hydrogen-bond donors (Lipinski definition) is 1. The first-order valence-corrected chi connectivity index (χ1v) is 5.91. The van der Waals surface area contributed by atoms with E-state index in [1.54, 1.807) is 0 Å². The molecule has 0 saturated carbocycles. The van der Waals surface area contributed by atoms with Gasteiger partial charge in [-0.05, 0) is 39.2 Å². The number of rotatable bonds is 3. The van der Waals surface area contributed by atoms with Gasteiger partial charge in [0.2, 0.25) is 5.91 Å². The van der Waals surface area contributed by atoms with Crippen LogP contribution in [0.15, 0.2) is 0 Å². The van der Waals surface area contributed by atoms with E-state index in [1.165, 1.54) is 0 Å². The van der Waals surface area contributed by atoms with Crippen LogP contribution in [0.25, 0.3) is 0 Å². The Morgan fingerprint density at radius 3 is 2.40 bits per heavy atom. The molecule has 0 bridgehead atoms. The fourth-order valence-electron chi connectivity index (χ4n) is 2.10. The Hall–Kier alpha value is -0.570. The molecule has 1 heterocycles. The summed E-state index contributed by atoms with van der Waals surface area (Å²) in [5.41, 5.74) is -0.322. The fraction of sp³-hybridized carbons (Fsp3) is 0.917. The summed E-state index contributed by atoms with van der Waals surface area (Å²) in [4.78, 5) is 14.2. The average Bonchev–Trinajstić information content (AvgIpc) is 2.62. The van der Waals surface area contributed by atoms with E-state index in [9.17, 15) is 4.79 Å². The number of amides is 1. The summed E-state index contributed by atoms with van der Waals surface area (Å²) in [6.45, 7) is 9.40. The predicted octanol–water partition coefficient (Wildman–Crippen LogP) is 1.63. The molecule has 3 nitrogen and oxygen atoms in total.